The van der Waals surface area contributed by atoms with Crippen molar-refractivity contribution in [1.29, 1.82) is 0 Å². The van der Waals surface area contributed by atoms with Crippen molar-refractivity contribution in [2.24, 2.45) is 17.3 Å². The molecule has 4 aliphatic rings. The lowest BCUT2D eigenvalue weighted by Gasteiger charge is -2.39. The Morgan fingerprint density at radius 2 is 1.78 bits per heavy atom. The smallest absolute Gasteiger partial charge is 0.277 e. The summed E-state index contributed by atoms with van der Waals surface area (Å²) in [5.74, 6) is 0.0283. The fourth-order valence-corrected chi connectivity index (χ4v) is 11.2. The molecule has 0 bridgehead atoms. The van der Waals surface area contributed by atoms with Crippen molar-refractivity contribution in [2.75, 3.05) is 51.3 Å². The van der Waals surface area contributed by atoms with E-state index in [0.717, 1.165) is 99.8 Å². The molecule has 14 nitrogen and oxygen atoms in total. The molecule has 16 heteroatoms. The first kappa shape index (κ1) is 44.7. The van der Waals surface area contributed by atoms with Crippen LogP contribution < -0.4 is 19.1 Å². The number of fused-ring (bicyclic) bond motifs is 2. The quantitative estimate of drug-likeness (QED) is 0.0903. The van der Waals surface area contributed by atoms with Crippen molar-refractivity contribution in [3.8, 4) is 17.2 Å². The SMILES string of the molecule is COC1CCC([C@@H]2COc3cc(S(=O)(=O)NC(=O)c4ccc(N5CCN(CC6=C(c7ccc(Cl)cc7)CC(C)(C)CC6)CC5)cc4Oc4cnc5[nH]ccc5c4)cc([N+](=O)[O-])c3C2)CC1. The molecule has 2 aliphatic carbocycles. The molecule has 1 saturated heterocycles. The fraction of sp³-hybridized carbons (Fsp3) is 0.429. The van der Waals surface area contributed by atoms with Gasteiger partial charge in [0.05, 0.1) is 39.9 Å². The Hall–Kier alpha value is -5.48. The van der Waals surface area contributed by atoms with Crippen LogP contribution in [-0.4, -0.2) is 86.7 Å². The largest absolute Gasteiger partial charge is 0.493 e. The van der Waals surface area contributed by atoms with Crippen LogP contribution in [0.5, 0.6) is 17.2 Å². The van der Waals surface area contributed by atoms with Crippen LogP contribution in [0.15, 0.2) is 89.6 Å². The summed E-state index contributed by atoms with van der Waals surface area (Å²) in [6, 6.07) is 19.2. The number of carbonyl (C=O) groups is 1. The number of nitrogens with one attached hydrogen (secondary N) is 2. The molecule has 1 saturated carbocycles. The van der Waals surface area contributed by atoms with Gasteiger partial charge in [0.2, 0.25) is 0 Å². The van der Waals surface area contributed by atoms with Crippen LogP contribution in [-0.2, 0) is 21.2 Å². The maximum atomic E-state index is 14.1. The molecule has 9 rings (SSSR count). The molecule has 65 heavy (non-hydrogen) atoms. The molecular formula is C49H55ClN6O8S. The van der Waals surface area contributed by atoms with Crippen LogP contribution in [0.4, 0.5) is 11.4 Å². The van der Waals surface area contributed by atoms with Gasteiger partial charge in [0.25, 0.3) is 21.6 Å². The Labute approximate surface area is 384 Å². The number of benzene rings is 3. The molecule has 2 aliphatic heterocycles. The monoisotopic (exact) mass is 922 g/mol. The number of pyridine rings is 1. The number of nitro benzene ring substituents is 1. The molecule has 0 spiro atoms. The zero-order valence-electron chi connectivity index (χ0n) is 37.0. The van der Waals surface area contributed by atoms with Gasteiger partial charge in [-0.1, -0.05) is 43.2 Å². The summed E-state index contributed by atoms with van der Waals surface area (Å²) >= 11 is 6.25. The third-order valence-electron chi connectivity index (χ3n) is 13.9. The molecule has 2 fully saturated rings. The van der Waals surface area contributed by atoms with Crippen LogP contribution in [0.2, 0.25) is 5.02 Å². The predicted octanol–water partition coefficient (Wildman–Crippen LogP) is 9.58. The first-order chi connectivity index (χ1) is 31.2. The number of nitrogens with zero attached hydrogens (tertiary/aromatic N) is 4. The number of anilines is 1. The number of aromatic amines is 1. The summed E-state index contributed by atoms with van der Waals surface area (Å²) in [6.45, 7) is 8.95. The van der Waals surface area contributed by atoms with Gasteiger partial charge in [0.15, 0.2) is 0 Å². The normalized spacial score (nSPS) is 21.4. The van der Waals surface area contributed by atoms with Crippen molar-refractivity contribution >= 4 is 55.5 Å². The first-order valence-electron chi connectivity index (χ1n) is 22.4. The summed E-state index contributed by atoms with van der Waals surface area (Å²) in [6.07, 6.45) is 10.8. The highest BCUT2D eigenvalue weighted by Crippen LogP contribution is 2.45. The molecule has 0 unspecified atom stereocenters. The number of rotatable bonds is 12. The average molecular weight is 924 g/mol. The lowest BCUT2D eigenvalue weighted by atomic mass is 9.72. The van der Waals surface area contributed by atoms with Gasteiger partial charge >= 0.3 is 0 Å². The summed E-state index contributed by atoms with van der Waals surface area (Å²) in [7, 11) is -2.91. The minimum Gasteiger partial charge on any atom is -0.493 e. The van der Waals surface area contributed by atoms with Crippen LogP contribution in [0, 0.1) is 27.4 Å². The van der Waals surface area contributed by atoms with Crippen LogP contribution >= 0.6 is 11.6 Å². The Morgan fingerprint density at radius 1 is 1.02 bits per heavy atom. The molecule has 2 N–H and O–H groups in total. The Bertz CT molecular complexity index is 2740. The highest BCUT2D eigenvalue weighted by Gasteiger charge is 2.37. The molecule has 342 valence electrons. The molecule has 2 aromatic heterocycles. The van der Waals surface area contributed by atoms with E-state index >= 15 is 0 Å². The fourth-order valence-electron chi connectivity index (χ4n) is 10.1. The first-order valence-corrected chi connectivity index (χ1v) is 24.3. The van der Waals surface area contributed by atoms with Crippen molar-refractivity contribution in [2.45, 2.75) is 76.2 Å². The van der Waals surface area contributed by atoms with E-state index in [1.165, 1.54) is 29.0 Å². The van der Waals surface area contributed by atoms with Gasteiger partial charge in [-0.25, -0.2) is 18.1 Å². The van der Waals surface area contributed by atoms with E-state index in [0.29, 0.717) is 35.9 Å². The predicted molar refractivity (Wildman–Crippen MR) is 250 cm³/mol. The van der Waals surface area contributed by atoms with Gasteiger partial charge in [0.1, 0.15) is 22.9 Å². The Balaban J connectivity index is 0.938. The van der Waals surface area contributed by atoms with Gasteiger partial charge in [-0.3, -0.25) is 19.8 Å². The van der Waals surface area contributed by atoms with E-state index in [2.05, 4.69) is 50.5 Å². The lowest BCUT2D eigenvalue weighted by Crippen LogP contribution is -2.47. The number of sulfonamides is 1. The van der Waals surface area contributed by atoms with Gasteiger partial charge in [-0.05, 0) is 110 Å². The van der Waals surface area contributed by atoms with E-state index in [9.17, 15) is 23.3 Å². The zero-order valence-corrected chi connectivity index (χ0v) is 38.6. The number of aromatic nitrogens is 2. The topological polar surface area (TPSA) is 169 Å². The van der Waals surface area contributed by atoms with Crippen LogP contribution in [0.3, 0.4) is 0 Å². The third kappa shape index (κ3) is 9.89. The molecular weight excluding hydrogens is 868 g/mol. The van der Waals surface area contributed by atoms with E-state index in [1.807, 2.05) is 18.2 Å². The summed E-state index contributed by atoms with van der Waals surface area (Å²) in [4.78, 5) is 37.7. The molecule has 0 radical (unpaired) electrons. The maximum Gasteiger partial charge on any atom is 0.277 e. The second kappa shape index (κ2) is 18.4. The third-order valence-corrected chi connectivity index (χ3v) is 15.4. The van der Waals surface area contributed by atoms with E-state index in [4.69, 9.17) is 25.8 Å². The number of halogens is 1. The van der Waals surface area contributed by atoms with Crippen LogP contribution in [0.25, 0.3) is 16.6 Å². The van der Waals surface area contributed by atoms with Gasteiger partial charge in [-0.2, -0.15) is 0 Å². The number of hydrogen-bond acceptors (Lipinski definition) is 11. The number of ether oxygens (including phenoxy) is 3. The van der Waals surface area contributed by atoms with E-state index < -0.39 is 25.7 Å². The van der Waals surface area contributed by atoms with Crippen LogP contribution in [0.1, 0.15) is 80.3 Å². The molecule has 1 amide bonds. The highest BCUT2D eigenvalue weighted by molar-refractivity contribution is 7.90. The number of methoxy groups -OCH3 is 1. The second-order valence-corrected chi connectivity index (χ2v) is 20.8. The standard InChI is InChI=1S/C49H55ClN6O8S/c1-49(2)16-14-34(43(27-49)32-4-8-36(50)9-5-32)29-54-18-20-55(21-19-54)37-10-13-41(46(24-37)64-39-22-33-15-17-51-47(33)52-28-39)48(57)53-65(60,61)40-25-44(56(58)59)42-23-35(30-63-45(42)26-40)31-6-11-38(62-3)12-7-31/h4-5,8-10,13,15,17,22,24-26,28,31,35,38H,6-7,11-12,14,16,18-21,23,27,29-30H2,1-3H3,(H,51,52)(H,53,57)/t31?,35-,38?/m0/s1. The molecule has 3 aromatic carbocycles. The maximum absolute atomic E-state index is 14.1. The van der Waals surface area contributed by atoms with Crippen molar-refractivity contribution in [1.82, 2.24) is 19.6 Å². The molecule has 4 heterocycles. The van der Waals surface area contributed by atoms with Crippen molar-refractivity contribution < 1.29 is 32.3 Å². The number of hydrogen-bond donors (Lipinski definition) is 2. The Morgan fingerprint density at radius 3 is 2.52 bits per heavy atom. The summed E-state index contributed by atoms with van der Waals surface area (Å²) < 4.78 is 48.0. The number of amides is 1. The van der Waals surface area contributed by atoms with E-state index in [-0.39, 0.29) is 40.2 Å². The zero-order chi connectivity index (χ0) is 45.5. The van der Waals surface area contributed by atoms with Crippen molar-refractivity contribution in [3.63, 3.8) is 0 Å². The average Bonchev–Trinajstić information content (AvgIpc) is 3.77. The van der Waals surface area contributed by atoms with E-state index in [1.54, 1.807) is 37.6 Å². The van der Waals surface area contributed by atoms with Crippen molar-refractivity contribution in [3.05, 3.63) is 117 Å². The Kier molecular flexibility index (Phi) is 12.7. The molecule has 1 atom stereocenters. The number of nitro groups is 1. The van der Waals surface area contributed by atoms with Gasteiger partial charge < -0.3 is 24.1 Å². The van der Waals surface area contributed by atoms with Gasteiger partial charge in [-0.15, -0.1) is 0 Å². The number of allylic oxidation sites excluding steroid dienone is 1. The number of carbonyl (C=O) groups excluding carboxylic acids is 1. The number of H-pyrrole nitrogens is 1. The minimum absolute atomic E-state index is 0.0400. The second-order valence-electron chi connectivity index (χ2n) is 18.7. The minimum atomic E-state index is -4.63. The van der Waals surface area contributed by atoms with Gasteiger partial charge in [0, 0.05) is 86.2 Å². The summed E-state index contributed by atoms with van der Waals surface area (Å²) in [5, 5.41) is 13.9. The summed E-state index contributed by atoms with van der Waals surface area (Å²) in [5.41, 5.74) is 5.77. The lowest BCUT2D eigenvalue weighted by molar-refractivity contribution is -0.386. The number of piperazine rings is 1. The molecule has 5 aromatic rings. The highest BCUT2D eigenvalue weighted by atomic mass is 35.5.